The molecule has 1 aliphatic rings. The third-order valence-corrected chi connectivity index (χ3v) is 3.52. The third-order valence-electron chi connectivity index (χ3n) is 3.52. The van der Waals surface area contributed by atoms with Crippen molar-refractivity contribution in [3.05, 3.63) is 35.4 Å². The van der Waals surface area contributed by atoms with Gasteiger partial charge in [-0.1, -0.05) is 12.1 Å². The van der Waals surface area contributed by atoms with Gasteiger partial charge in [0.25, 0.3) is 0 Å². The molecule has 0 bridgehead atoms. The van der Waals surface area contributed by atoms with Gasteiger partial charge in [0.05, 0.1) is 11.6 Å². The molecule has 1 aromatic rings. The number of likely N-dealkylation sites (N-methyl/N-ethyl adjacent to an activating group) is 1. The summed E-state index contributed by atoms with van der Waals surface area (Å²) in [7, 11) is 4.26. The van der Waals surface area contributed by atoms with Crippen LogP contribution in [0.25, 0.3) is 0 Å². The quantitative estimate of drug-likeness (QED) is 0.811. The molecule has 96 valence electrons. The van der Waals surface area contributed by atoms with Crippen molar-refractivity contribution in [1.29, 1.82) is 5.26 Å². The standard InChI is InChI=1S/C15H21N3/c1-17(2)12-15-7-4-8-18(15)11-14-6-3-5-13(9-14)10-16/h3,5-6,9,15H,4,7-8,11-12H2,1-2H3. The third kappa shape index (κ3) is 3.32. The lowest BCUT2D eigenvalue weighted by molar-refractivity contribution is 0.201. The molecule has 0 spiro atoms. The Morgan fingerprint density at radius 1 is 1.44 bits per heavy atom. The van der Waals surface area contributed by atoms with Gasteiger partial charge in [0.1, 0.15) is 0 Å². The number of likely N-dealkylation sites (tertiary alicyclic amines) is 1. The van der Waals surface area contributed by atoms with E-state index in [0.29, 0.717) is 6.04 Å². The second-order valence-electron chi connectivity index (χ2n) is 5.34. The van der Waals surface area contributed by atoms with E-state index in [1.807, 2.05) is 18.2 Å². The van der Waals surface area contributed by atoms with Crippen molar-refractivity contribution in [2.75, 3.05) is 27.2 Å². The zero-order valence-electron chi connectivity index (χ0n) is 11.3. The van der Waals surface area contributed by atoms with E-state index in [1.165, 1.54) is 24.9 Å². The second kappa shape index (κ2) is 5.99. The Kier molecular flexibility index (Phi) is 4.35. The molecular weight excluding hydrogens is 222 g/mol. The molecule has 0 N–H and O–H groups in total. The van der Waals surface area contributed by atoms with E-state index in [2.05, 4.69) is 36.0 Å². The summed E-state index contributed by atoms with van der Waals surface area (Å²) >= 11 is 0. The number of nitriles is 1. The van der Waals surface area contributed by atoms with Crippen LogP contribution >= 0.6 is 0 Å². The molecule has 0 radical (unpaired) electrons. The molecule has 0 saturated carbocycles. The van der Waals surface area contributed by atoms with Crippen LogP contribution in [0, 0.1) is 11.3 Å². The minimum absolute atomic E-state index is 0.658. The van der Waals surface area contributed by atoms with Crippen molar-refractivity contribution in [3.8, 4) is 6.07 Å². The van der Waals surface area contributed by atoms with Crippen LogP contribution in [0.5, 0.6) is 0 Å². The lowest BCUT2D eigenvalue weighted by Gasteiger charge is -2.27. The van der Waals surface area contributed by atoms with Gasteiger partial charge in [-0.05, 0) is 51.2 Å². The first-order chi connectivity index (χ1) is 8.69. The maximum atomic E-state index is 8.92. The lowest BCUT2D eigenvalue weighted by Crippen LogP contribution is -2.37. The van der Waals surface area contributed by atoms with Gasteiger partial charge in [0.2, 0.25) is 0 Å². The summed E-state index contributed by atoms with van der Waals surface area (Å²) < 4.78 is 0. The Hall–Kier alpha value is -1.37. The van der Waals surface area contributed by atoms with E-state index in [1.54, 1.807) is 0 Å². The van der Waals surface area contributed by atoms with Crippen LogP contribution in [0.3, 0.4) is 0 Å². The maximum absolute atomic E-state index is 8.92. The van der Waals surface area contributed by atoms with Crippen LogP contribution in [0.15, 0.2) is 24.3 Å². The minimum atomic E-state index is 0.658. The van der Waals surface area contributed by atoms with E-state index in [9.17, 15) is 0 Å². The smallest absolute Gasteiger partial charge is 0.0991 e. The molecular formula is C15H21N3. The van der Waals surface area contributed by atoms with Crippen LogP contribution in [0.1, 0.15) is 24.0 Å². The summed E-state index contributed by atoms with van der Waals surface area (Å²) in [6.07, 6.45) is 2.58. The second-order valence-corrected chi connectivity index (χ2v) is 5.34. The van der Waals surface area contributed by atoms with Crippen LogP contribution < -0.4 is 0 Å². The molecule has 1 heterocycles. The van der Waals surface area contributed by atoms with Crippen molar-refractivity contribution < 1.29 is 0 Å². The molecule has 2 rings (SSSR count). The highest BCUT2D eigenvalue weighted by Crippen LogP contribution is 2.20. The molecule has 1 saturated heterocycles. The van der Waals surface area contributed by atoms with E-state index < -0.39 is 0 Å². The van der Waals surface area contributed by atoms with Crippen molar-refractivity contribution in [1.82, 2.24) is 9.80 Å². The Bertz CT molecular complexity index is 434. The zero-order chi connectivity index (χ0) is 13.0. The van der Waals surface area contributed by atoms with Crippen LogP contribution in [-0.2, 0) is 6.54 Å². The first-order valence-corrected chi connectivity index (χ1v) is 6.57. The molecule has 1 unspecified atom stereocenters. The summed E-state index contributed by atoms with van der Waals surface area (Å²) in [5, 5.41) is 8.92. The van der Waals surface area contributed by atoms with Crippen LogP contribution in [0.4, 0.5) is 0 Å². The Balaban J connectivity index is 2.01. The fourth-order valence-electron chi connectivity index (χ4n) is 2.71. The molecule has 1 atom stereocenters. The van der Waals surface area contributed by atoms with Gasteiger partial charge in [-0.3, -0.25) is 4.90 Å². The summed E-state index contributed by atoms with van der Waals surface area (Å²) in [6.45, 7) is 3.27. The fourth-order valence-corrected chi connectivity index (χ4v) is 2.71. The van der Waals surface area contributed by atoms with Crippen molar-refractivity contribution >= 4 is 0 Å². The number of benzene rings is 1. The highest BCUT2D eigenvalue weighted by Gasteiger charge is 2.24. The number of hydrogen-bond acceptors (Lipinski definition) is 3. The van der Waals surface area contributed by atoms with Gasteiger partial charge < -0.3 is 4.90 Å². The molecule has 0 aliphatic carbocycles. The predicted molar refractivity (Wildman–Crippen MR) is 73.1 cm³/mol. The highest BCUT2D eigenvalue weighted by molar-refractivity contribution is 5.32. The average Bonchev–Trinajstić information content (AvgIpc) is 2.76. The minimum Gasteiger partial charge on any atom is -0.308 e. The molecule has 0 amide bonds. The van der Waals surface area contributed by atoms with Crippen molar-refractivity contribution in [3.63, 3.8) is 0 Å². The molecule has 3 nitrogen and oxygen atoms in total. The van der Waals surface area contributed by atoms with E-state index >= 15 is 0 Å². The van der Waals surface area contributed by atoms with Gasteiger partial charge >= 0.3 is 0 Å². The van der Waals surface area contributed by atoms with Gasteiger partial charge in [0, 0.05) is 19.1 Å². The first-order valence-electron chi connectivity index (χ1n) is 6.57. The van der Waals surface area contributed by atoms with Gasteiger partial charge in [-0.15, -0.1) is 0 Å². The van der Waals surface area contributed by atoms with Gasteiger partial charge in [0.15, 0.2) is 0 Å². The Morgan fingerprint density at radius 2 is 2.28 bits per heavy atom. The first kappa shape index (κ1) is 13.1. The highest BCUT2D eigenvalue weighted by atomic mass is 15.2. The summed E-state index contributed by atoms with van der Waals surface area (Å²) in [5.41, 5.74) is 2.01. The maximum Gasteiger partial charge on any atom is 0.0991 e. The average molecular weight is 243 g/mol. The topological polar surface area (TPSA) is 30.3 Å². The molecule has 1 aliphatic heterocycles. The molecule has 18 heavy (non-hydrogen) atoms. The van der Waals surface area contributed by atoms with Gasteiger partial charge in [-0.2, -0.15) is 5.26 Å². The fraction of sp³-hybridized carbons (Fsp3) is 0.533. The predicted octanol–water partition coefficient (Wildman–Crippen LogP) is 2.08. The molecule has 1 aromatic carbocycles. The zero-order valence-corrected chi connectivity index (χ0v) is 11.3. The van der Waals surface area contributed by atoms with E-state index in [4.69, 9.17) is 5.26 Å². The Morgan fingerprint density at radius 3 is 3.00 bits per heavy atom. The summed E-state index contributed by atoms with van der Waals surface area (Å²) in [4.78, 5) is 4.80. The summed E-state index contributed by atoms with van der Waals surface area (Å²) in [6, 6.07) is 10.8. The lowest BCUT2D eigenvalue weighted by atomic mass is 10.1. The summed E-state index contributed by atoms with van der Waals surface area (Å²) in [5.74, 6) is 0. The van der Waals surface area contributed by atoms with Gasteiger partial charge in [-0.25, -0.2) is 0 Å². The number of hydrogen-bond donors (Lipinski definition) is 0. The van der Waals surface area contributed by atoms with Crippen molar-refractivity contribution in [2.45, 2.75) is 25.4 Å². The monoisotopic (exact) mass is 243 g/mol. The van der Waals surface area contributed by atoms with Crippen LogP contribution in [-0.4, -0.2) is 43.0 Å². The molecule has 3 heteroatoms. The normalized spacial score (nSPS) is 20.2. The van der Waals surface area contributed by atoms with E-state index in [-0.39, 0.29) is 0 Å². The SMILES string of the molecule is CN(C)CC1CCCN1Cc1cccc(C#N)c1. The number of nitrogens with zero attached hydrogens (tertiary/aromatic N) is 3. The molecule has 1 fully saturated rings. The largest absolute Gasteiger partial charge is 0.308 e. The van der Waals surface area contributed by atoms with E-state index in [0.717, 1.165) is 18.7 Å². The Labute approximate surface area is 110 Å². The van der Waals surface area contributed by atoms with Crippen LogP contribution in [0.2, 0.25) is 0 Å². The number of rotatable bonds is 4. The molecule has 0 aromatic heterocycles. The van der Waals surface area contributed by atoms with Crippen molar-refractivity contribution in [2.24, 2.45) is 0 Å².